The number of carbonyl (C=O) groups is 1. The molecule has 96 valence electrons. The summed E-state index contributed by atoms with van der Waals surface area (Å²) in [6.07, 6.45) is 0. The number of benzene rings is 1. The summed E-state index contributed by atoms with van der Waals surface area (Å²) in [4.78, 5) is 13.0. The van der Waals surface area contributed by atoms with Crippen LogP contribution >= 0.6 is 38.9 Å². The van der Waals surface area contributed by atoms with Gasteiger partial charge in [0.05, 0.1) is 9.21 Å². The molecule has 0 spiro atoms. The maximum absolute atomic E-state index is 12.4. The van der Waals surface area contributed by atoms with Gasteiger partial charge in [-0.05, 0) is 37.3 Å². The Bertz CT molecular complexity index is 788. The van der Waals surface area contributed by atoms with E-state index in [9.17, 15) is 4.79 Å². The predicted octanol–water partition coefficient (Wildman–Crippen LogP) is 5.45. The molecule has 0 unspecified atom stereocenters. The van der Waals surface area contributed by atoms with E-state index in [-0.39, 0.29) is 5.78 Å². The summed E-state index contributed by atoms with van der Waals surface area (Å²) >= 11 is 10.5. The number of carbonyl (C=O) groups excluding carboxylic acids is 1. The second-order valence-corrected chi connectivity index (χ2v) is 6.76. The van der Waals surface area contributed by atoms with Crippen molar-refractivity contribution in [1.29, 1.82) is 0 Å². The van der Waals surface area contributed by atoms with Crippen LogP contribution in [0.2, 0.25) is 4.34 Å². The fourth-order valence-corrected chi connectivity index (χ4v) is 3.30. The Labute approximate surface area is 127 Å². The highest BCUT2D eigenvalue weighted by atomic mass is 79.9. The zero-order valence-corrected chi connectivity index (χ0v) is 13.0. The van der Waals surface area contributed by atoms with Crippen molar-refractivity contribution in [3.05, 3.63) is 55.3 Å². The van der Waals surface area contributed by atoms with Gasteiger partial charge in [0.15, 0.2) is 5.76 Å². The van der Waals surface area contributed by atoms with Crippen LogP contribution in [0.25, 0.3) is 11.0 Å². The molecule has 2 aromatic heterocycles. The summed E-state index contributed by atoms with van der Waals surface area (Å²) in [5.41, 5.74) is 1.57. The number of aryl methyl sites for hydroxylation is 1. The van der Waals surface area contributed by atoms with Crippen LogP contribution in [-0.2, 0) is 0 Å². The second-order valence-electron chi connectivity index (χ2n) is 4.13. The minimum Gasteiger partial charge on any atom is -0.452 e. The van der Waals surface area contributed by atoms with Gasteiger partial charge in [-0.3, -0.25) is 4.79 Å². The van der Waals surface area contributed by atoms with Crippen LogP contribution in [0.3, 0.4) is 0 Å². The molecule has 0 aliphatic heterocycles. The summed E-state index contributed by atoms with van der Waals surface area (Å²) in [6.45, 7) is 1.89. The minimum atomic E-state index is -0.123. The average molecular weight is 356 g/mol. The van der Waals surface area contributed by atoms with E-state index in [0.717, 1.165) is 15.4 Å². The third-order valence-corrected chi connectivity index (χ3v) is 4.62. The van der Waals surface area contributed by atoms with E-state index < -0.39 is 0 Å². The summed E-state index contributed by atoms with van der Waals surface area (Å²) in [5, 5.41) is 0.945. The highest BCUT2D eigenvalue weighted by molar-refractivity contribution is 9.10. The molecule has 0 bridgehead atoms. The van der Waals surface area contributed by atoms with Crippen molar-refractivity contribution < 1.29 is 9.21 Å². The Kier molecular flexibility index (Phi) is 3.25. The fourth-order valence-electron chi connectivity index (χ4n) is 1.96. The van der Waals surface area contributed by atoms with Gasteiger partial charge in [-0.2, -0.15) is 0 Å². The molecular weight excluding hydrogens is 348 g/mol. The molecule has 2 heterocycles. The number of ketones is 1. The van der Waals surface area contributed by atoms with E-state index in [1.54, 1.807) is 12.1 Å². The molecule has 0 saturated heterocycles. The fraction of sp³-hybridized carbons (Fsp3) is 0.0714. The topological polar surface area (TPSA) is 30.2 Å². The molecule has 5 heteroatoms. The van der Waals surface area contributed by atoms with Crippen molar-refractivity contribution in [2.24, 2.45) is 0 Å². The van der Waals surface area contributed by atoms with Crippen molar-refractivity contribution in [2.45, 2.75) is 6.92 Å². The minimum absolute atomic E-state index is 0.123. The highest BCUT2D eigenvalue weighted by Gasteiger charge is 2.20. The number of furan rings is 1. The van der Waals surface area contributed by atoms with Crippen molar-refractivity contribution in [3.63, 3.8) is 0 Å². The predicted molar refractivity (Wildman–Crippen MR) is 81.4 cm³/mol. The van der Waals surface area contributed by atoms with E-state index in [2.05, 4.69) is 15.9 Å². The van der Waals surface area contributed by atoms with Crippen molar-refractivity contribution >= 4 is 55.6 Å². The first-order valence-electron chi connectivity index (χ1n) is 5.55. The van der Waals surface area contributed by atoms with E-state index in [1.165, 1.54) is 11.3 Å². The van der Waals surface area contributed by atoms with E-state index in [4.69, 9.17) is 16.0 Å². The third kappa shape index (κ3) is 2.24. The molecule has 0 aliphatic rings. The SMILES string of the molecule is Cc1c(C(=O)c2ccc(Cl)s2)oc2ccc(Br)cc12. The molecule has 1 aromatic carbocycles. The number of rotatable bonds is 2. The van der Waals surface area contributed by atoms with Crippen LogP contribution in [0.5, 0.6) is 0 Å². The number of thiophene rings is 1. The molecule has 0 saturated carbocycles. The molecule has 0 atom stereocenters. The number of fused-ring (bicyclic) bond motifs is 1. The van der Waals surface area contributed by atoms with Crippen LogP contribution in [0.15, 0.2) is 39.2 Å². The second kappa shape index (κ2) is 4.78. The molecule has 3 aromatic rings. The van der Waals surface area contributed by atoms with E-state index >= 15 is 0 Å². The van der Waals surface area contributed by atoms with Crippen LogP contribution in [0.1, 0.15) is 21.0 Å². The van der Waals surface area contributed by atoms with Crippen LogP contribution in [-0.4, -0.2) is 5.78 Å². The molecule has 0 fully saturated rings. The first kappa shape index (κ1) is 12.9. The van der Waals surface area contributed by atoms with Crippen LogP contribution in [0, 0.1) is 6.92 Å². The van der Waals surface area contributed by atoms with Crippen molar-refractivity contribution in [2.75, 3.05) is 0 Å². The lowest BCUT2D eigenvalue weighted by Crippen LogP contribution is -1.98. The van der Waals surface area contributed by atoms with Crippen molar-refractivity contribution in [3.8, 4) is 0 Å². The monoisotopic (exact) mass is 354 g/mol. The Balaban J connectivity index is 2.15. The Morgan fingerprint density at radius 3 is 2.79 bits per heavy atom. The molecular formula is C14H8BrClO2S. The molecule has 3 rings (SSSR count). The van der Waals surface area contributed by atoms with E-state index in [0.29, 0.717) is 20.6 Å². The maximum Gasteiger partial charge on any atom is 0.238 e. The maximum atomic E-state index is 12.4. The Hall–Kier alpha value is -1.10. The molecule has 0 amide bonds. The highest BCUT2D eigenvalue weighted by Crippen LogP contribution is 2.31. The van der Waals surface area contributed by atoms with Gasteiger partial charge in [-0.1, -0.05) is 27.5 Å². The van der Waals surface area contributed by atoms with Gasteiger partial charge in [-0.15, -0.1) is 11.3 Å². The molecule has 0 aliphatic carbocycles. The lowest BCUT2D eigenvalue weighted by atomic mass is 10.1. The number of hydrogen-bond donors (Lipinski definition) is 0. The smallest absolute Gasteiger partial charge is 0.238 e. The van der Waals surface area contributed by atoms with E-state index in [1.807, 2.05) is 25.1 Å². The Morgan fingerprint density at radius 1 is 1.32 bits per heavy atom. The summed E-state index contributed by atoms with van der Waals surface area (Å²) in [5.74, 6) is 0.258. The van der Waals surface area contributed by atoms with Crippen LogP contribution < -0.4 is 0 Å². The summed E-state index contributed by atoms with van der Waals surface area (Å²) in [7, 11) is 0. The Morgan fingerprint density at radius 2 is 2.11 bits per heavy atom. The average Bonchev–Trinajstić information content (AvgIpc) is 2.94. The standard InChI is InChI=1S/C14H8BrClO2S/c1-7-9-6-8(15)2-3-10(9)18-14(7)13(17)11-4-5-12(16)19-11/h2-6H,1H3. The van der Waals surface area contributed by atoms with Crippen molar-refractivity contribution in [1.82, 2.24) is 0 Å². The quantitative estimate of drug-likeness (QED) is 0.572. The molecule has 0 N–H and O–H groups in total. The van der Waals surface area contributed by atoms with Gasteiger partial charge in [0, 0.05) is 15.4 Å². The summed E-state index contributed by atoms with van der Waals surface area (Å²) < 4.78 is 7.23. The first-order chi connectivity index (χ1) is 9.06. The lowest BCUT2D eigenvalue weighted by Gasteiger charge is -1.94. The lowest BCUT2D eigenvalue weighted by molar-refractivity contribution is 0.101. The van der Waals surface area contributed by atoms with Gasteiger partial charge >= 0.3 is 0 Å². The van der Waals surface area contributed by atoms with Gasteiger partial charge < -0.3 is 4.42 Å². The largest absolute Gasteiger partial charge is 0.452 e. The zero-order chi connectivity index (χ0) is 13.6. The van der Waals surface area contributed by atoms with Gasteiger partial charge in [0.25, 0.3) is 0 Å². The van der Waals surface area contributed by atoms with Gasteiger partial charge in [-0.25, -0.2) is 0 Å². The zero-order valence-electron chi connectivity index (χ0n) is 9.87. The molecule has 0 radical (unpaired) electrons. The van der Waals surface area contributed by atoms with Gasteiger partial charge in [0.2, 0.25) is 5.78 Å². The number of hydrogen-bond acceptors (Lipinski definition) is 3. The van der Waals surface area contributed by atoms with Crippen LogP contribution in [0.4, 0.5) is 0 Å². The normalized spacial score (nSPS) is 11.1. The molecule has 2 nitrogen and oxygen atoms in total. The third-order valence-electron chi connectivity index (χ3n) is 2.90. The number of halogens is 2. The van der Waals surface area contributed by atoms with Gasteiger partial charge in [0.1, 0.15) is 5.58 Å². The molecule has 19 heavy (non-hydrogen) atoms. The summed E-state index contributed by atoms with van der Waals surface area (Å²) in [6, 6.07) is 9.13. The first-order valence-corrected chi connectivity index (χ1v) is 7.53.